The number of aryl methyl sites for hydroxylation is 1. The summed E-state index contributed by atoms with van der Waals surface area (Å²) in [6.07, 6.45) is -5.66. The number of benzene rings is 1. The van der Waals surface area contributed by atoms with Gasteiger partial charge >= 0.3 is 6.18 Å². The van der Waals surface area contributed by atoms with Gasteiger partial charge in [0.15, 0.2) is 0 Å². The summed E-state index contributed by atoms with van der Waals surface area (Å²) in [7, 11) is 0. The lowest BCUT2D eigenvalue weighted by molar-refractivity contribution is -0.184. The minimum absolute atomic E-state index is 0.00567. The molecule has 0 saturated heterocycles. The fraction of sp³-hybridized carbons (Fsp3) is 0.250. The zero-order chi connectivity index (χ0) is 14.2. The number of hydrogen-bond acceptors (Lipinski definition) is 2. The van der Waals surface area contributed by atoms with E-state index in [9.17, 15) is 18.0 Å². The van der Waals surface area contributed by atoms with Gasteiger partial charge in [-0.3, -0.25) is 4.79 Å². The minimum atomic E-state index is -4.67. The monoisotopic (exact) mass is 321 g/mol. The van der Waals surface area contributed by atoms with Crippen molar-refractivity contribution in [3.8, 4) is 5.75 Å². The SMILES string of the molecule is [2H]Cc1cc(Br)cc2c1O[C@H](C(F)(F)F)C(C=O)=C2. The summed E-state index contributed by atoms with van der Waals surface area (Å²) in [5.74, 6) is 0.00567. The molecule has 0 unspecified atom stereocenters. The van der Waals surface area contributed by atoms with Crippen LogP contribution < -0.4 is 4.74 Å². The first kappa shape index (κ1) is 11.8. The fourth-order valence-corrected chi connectivity index (χ4v) is 2.24. The molecule has 96 valence electrons. The lowest BCUT2D eigenvalue weighted by Gasteiger charge is -2.27. The molecule has 0 aliphatic carbocycles. The van der Waals surface area contributed by atoms with Gasteiger partial charge in [-0.25, -0.2) is 0 Å². The molecule has 0 saturated carbocycles. The Labute approximate surface area is 111 Å². The van der Waals surface area contributed by atoms with E-state index in [4.69, 9.17) is 6.11 Å². The van der Waals surface area contributed by atoms with Gasteiger partial charge in [0, 0.05) is 17.0 Å². The van der Waals surface area contributed by atoms with Crippen molar-refractivity contribution in [3.05, 3.63) is 33.3 Å². The molecule has 0 aromatic heterocycles. The van der Waals surface area contributed by atoms with Crippen LogP contribution in [-0.2, 0) is 4.79 Å². The molecule has 0 N–H and O–H groups in total. The van der Waals surface area contributed by atoms with Crippen molar-refractivity contribution >= 4 is 28.3 Å². The predicted octanol–water partition coefficient (Wildman–Crippen LogP) is 3.66. The quantitative estimate of drug-likeness (QED) is 0.738. The van der Waals surface area contributed by atoms with Crippen LogP contribution in [0.1, 0.15) is 12.5 Å². The van der Waals surface area contributed by atoms with Gasteiger partial charge in [-0.05, 0) is 30.7 Å². The van der Waals surface area contributed by atoms with Crippen LogP contribution in [0, 0.1) is 6.90 Å². The molecule has 0 radical (unpaired) electrons. The highest BCUT2D eigenvalue weighted by Crippen LogP contribution is 2.39. The summed E-state index contributed by atoms with van der Waals surface area (Å²) < 4.78 is 51.3. The maximum atomic E-state index is 12.8. The summed E-state index contributed by atoms with van der Waals surface area (Å²) >= 11 is 3.20. The van der Waals surface area contributed by atoms with Gasteiger partial charge in [0.1, 0.15) is 12.0 Å². The number of aldehydes is 1. The Bertz CT molecular complexity index is 555. The zero-order valence-corrected chi connectivity index (χ0v) is 10.5. The molecule has 1 aliphatic heterocycles. The summed E-state index contributed by atoms with van der Waals surface area (Å²) in [6.45, 7) is -0.212. The number of halogens is 4. The molecule has 0 fully saturated rings. The Morgan fingerprint density at radius 3 is 2.78 bits per heavy atom. The lowest BCUT2D eigenvalue weighted by atomic mass is 10.00. The van der Waals surface area contributed by atoms with Crippen LogP contribution in [0.25, 0.3) is 6.08 Å². The highest BCUT2D eigenvalue weighted by molar-refractivity contribution is 9.10. The lowest BCUT2D eigenvalue weighted by Crippen LogP contribution is -2.38. The van der Waals surface area contributed by atoms with Gasteiger partial charge in [0.25, 0.3) is 0 Å². The first-order valence-electron chi connectivity index (χ1n) is 5.59. The predicted molar refractivity (Wildman–Crippen MR) is 63.4 cm³/mol. The number of carbonyl (C=O) groups is 1. The van der Waals surface area contributed by atoms with Crippen LogP contribution in [0.3, 0.4) is 0 Å². The van der Waals surface area contributed by atoms with E-state index < -0.39 is 17.9 Å². The van der Waals surface area contributed by atoms with Crippen LogP contribution in [0.15, 0.2) is 22.2 Å². The highest BCUT2D eigenvalue weighted by atomic mass is 79.9. The average Bonchev–Trinajstić information content (AvgIpc) is 2.34. The third-order valence-corrected chi connectivity index (χ3v) is 2.91. The van der Waals surface area contributed by atoms with Crippen LogP contribution in [-0.4, -0.2) is 18.6 Å². The van der Waals surface area contributed by atoms with Crippen molar-refractivity contribution in [1.82, 2.24) is 0 Å². The maximum Gasteiger partial charge on any atom is 0.429 e. The second-order valence-corrected chi connectivity index (χ2v) is 4.70. The normalized spacial score (nSPS) is 19.4. The number of alkyl halides is 3. The zero-order valence-electron chi connectivity index (χ0n) is 9.92. The molecule has 18 heavy (non-hydrogen) atoms. The van der Waals surface area contributed by atoms with E-state index in [1.54, 1.807) is 6.07 Å². The third-order valence-electron chi connectivity index (χ3n) is 2.45. The number of ether oxygens (including phenoxy) is 1. The van der Waals surface area contributed by atoms with Gasteiger partial charge < -0.3 is 4.74 Å². The van der Waals surface area contributed by atoms with E-state index in [1.165, 1.54) is 6.07 Å². The first-order valence-corrected chi connectivity index (χ1v) is 5.68. The van der Waals surface area contributed by atoms with Gasteiger partial charge in [-0.1, -0.05) is 15.9 Å². The number of carbonyl (C=O) groups excluding carboxylic acids is 1. The molecule has 1 aromatic carbocycles. The first-order chi connectivity index (χ1) is 8.86. The molecule has 1 atom stereocenters. The number of hydrogen-bond donors (Lipinski definition) is 0. The van der Waals surface area contributed by atoms with Crippen LogP contribution >= 0.6 is 15.9 Å². The Morgan fingerprint density at radius 2 is 2.22 bits per heavy atom. The number of rotatable bonds is 1. The van der Waals surface area contributed by atoms with Crippen molar-refractivity contribution in [2.24, 2.45) is 0 Å². The van der Waals surface area contributed by atoms with E-state index in [1.807, 2.05) is 0 Å². The third kappa shape index (κ3) is 2.29. The minimum Gasteiger partial charge on any atom is -0.475 e. The van der Waals surface area contributed by atoms with Gasteiger partial charge in [-0.2, -0.15) is 13.2 Å². The van der Waals surface area contributed by atoms with Crippen molar-refractivity contribution in [1.29, 1.82) is 0 Å². The summed E-state index contributed by atoms with van der Waals surface area (Å²) in [5.41, 5.74) is 0.216. The molecular formula is C12H8BrF3O2. The molecule has 0 bridgehead atoms. The molecule has 2 rings (SSSR count). The summed E-state index contributed by atoms with van der Waals surface area (Å²) in [4.78, 5) is 10.8. The molecule has 6 heteroatoms. The van der Waals surface area contributed by atoms with E-state index in [2.05, 4.69) is 15.9 Å². The van der Waals surface area contributed by atoms with Gasteiger partial charge in [0.05, 0.1) is 0 Å². The molecule has 0 amide bonds. The van der Waals surface area contributed by atoms with E-state index in [-0.39, 0.29) is 18.9 Å². The van der Waals surface area contributed by atoms with Crippen molar-refractivity contribution in [3.63, 3.8) is 0 Å². The smallest absolute Gasteiger partial charge is 0.429 e. The Morgan fingerprint density at radius 1 is 1.50 bits per heavy atom. The van der Waals surface area contributed by atoms with Crippen LogP contribution in [0.2, 0.25) is 0 Å². The fourth-order valence-electron chi connectivity index (χ4n) is 1.72. The highest BCUT2D eigenvalue weighted by Gasteiger charge is 2.46. The second-order valence-electron chi connectivity index (χ2n) is 3.78. The van der Waals surface area contributed by atoms with Crippen molar-refractivity contribution in [2.75, 3.05) is 0 Å². The average molecular weight is 322 g/mol. The largest absolute Gasteiger partial charge is 0.475 e. The van der Waals surface area contributed by atoms with Crippen molar-refractivity contribution in [2.45, 2.75) is 19.2 Å². The Hall–Kier alpha value is -1.30. The van der Waals surface area contributed by atoms with Gasteiger partial charge in [-0.15, -0.1) is 0 Å². The van der Waals surface area contributed by atoms with E-state index >= 15 is 0 Å². The molecule has 1 aliphatic rings. The second kappa shape index (κ2) is 4.42. The van der Waals surface area contributed by atoms with E-state index in [0.29, 0.717) is 15.6 Å². The molecule has 2 nitrogen and oxygen atoms in total. The molecular weight excluding hydrogens is 313 g/mol. The van der Waals surface area contributed by atoms with Crippen LogP contribution in [0.4, 0.5) is 13.2 Å². The maximum absolute atomic E-state index is 12.8. The molecule has 1 heterocycles. The van der Waals surface area contributed by atoms with Crippen LogP contribution in [0.5, 0.6) is 5.75 Å². The topological polar surface area (TPSA) is 26.3 Å². The molecule has 0 spiro atoms. The number of fused-ring (bicyclic) bond motifs is 1. The summed E-state index contributed by atoms with van der Waals surface area (Å²) in [5, 5.41) is 0. The van der Waals surface area contributed by atoms with Gasteiger partial charge in [0.2, 0.25) is 6.10 Å². The summed E-state index contributed by atoms with van der Waals surface area (Å²) in [6, 6.07) is 3.07. The Kier molecular flexibility index (Phi) is 2.89. The van der Waals surface area contributed by atoms with Crippen molar-refractivity contribution < 1.29 is 24.1 Å². The Balaban J connectivity index is 2.58. The standard InChI is InChI=1S/C12H8BrF3O2/c1-6-2-9(13)4-7-3-8(5-17)11(12(14,15)16)18-10(6)7/h2-5,11H,1H3/t11-/m0/s1/i1D. The van der Waals surface area contributed by atoms with E-state index in [0.717, 1.165) is 6.08 Å². The molecule has 1 aromatic rings.